The van der Waals surface area contributed by atoms with Crippen LogP contribution in [0.2, 0.25) is 5.02 Å². The predicted octanol–water partition coefficient (Wildman–Crippen LogP) is 6.02. The van der Waals surface area contributed by atoms with E-state index >= 15 is 0 Å². The van der Waals surface area contributed by atoms with Crippen molar-refractivity contribution >= 4 is 22.6 Å². The van der Waals surface area contributed by atoms with Crippen molar-refractivity contribution in [1.82, 2.24) is 5.32 Å². The largest absolute Gasteiger partial charge is 0.488 e. The molecule has 0 radical (unpaired) electrons. The Morgan fingerprint density at radius 2 is 1.67 bits per heavy atom. The van der Waals surface area contributed by atoms with Gasteiger partial charge in [-0.3, -0.25) is 0 Å². The Labute approximate surface area is 248 Å². The standard InChI is InChI=1S/C34H32ClNO6/c1-22-26(8-5-9-29(22)24-6-3-2-4-7-24)21-41-33-16-31(27(15-30(33)35)17-36-18-28(38)19-37)40-20-23-10-11-25-12-13-34(39)42-32(25)14-23/h2-16,28,36-38H,17-21H2,1H3/t28-/m1/s1. The minimum atomic E-state index is -0.880. The number of ether oxygens (including phenoxy) is 2. The second kappa shape index (κ2) is 13.7. The Kier molecular flexibility index (Phi) is 9.56. The third-order valence-corrected chi connectivity index (χ3v) is 7.31. The van der Waals surface area contributed by atoms with Crippen molar-refractivity contribution in [2.75, 3.05) is 13.2 Å². The number of fused-ring (bicyclic) bond motifs is 1. The molecule has 0 aliphatic rings. The lowest BCUT2D eigenvalue weighted by Gasteiger charge is -2.18. The fourth-order valence-corrected chi connectivity index (χ4v) is 4.92. The SMILES string of the molecule is Cc1c(COc2cc(OCc3ccc4ccc(=O)oc4c3)c(CNC[C@@H](O)CO)cc2Cl)cccc1-c1ccccc1. The summed E-state index contributed by atoms with van der Waals surface area (Å²) in [4.78, 5) is 11.7. The van der Waals surface area contributed by atoms with Crippen LogP contribution in [0.1, 0.15) is 22.3 Å². The molecule has 0 aliphatic heterocycles. The van der Waals surface area contributed by atoms with Crippen LogP contribution in [0.4, 0.5) is 0 Å². The van der Waals surface area contributed by atoms with Crippen molar-refractivity contribution in [2.24, 2.45) is 0 Å². The topological polar surface area (TPSA) is 101 Å². The molecule has 4 aromatic carbocycles. The summed E-state index contributed by atoms with van der Waals surface area (Å²) in [6, 6.07) is 28.6. The number of benzene rings is 4. The molecule has 3 N–H and O–H groups in total. The predicted molar refractivity (Wildman–Crippen MR) is 164 cm³/mol. The molecule has 7 nitrogen and oxygen atoms in total. The number of halogens is 1. The van der Waals surface area contributed by atoms with Gasteiger partial charge in [0.2, 0.25) is 0 Å². The number of rotatable bonds is 12. The van der Waals surface area contributed by atoms with Gasteiger partial charge in [-0.15, -0.1) is 0 Å². The van der Waals surface area contributed by atoms with Crippen LogP contribution in [-0.4, -0.2) is 29.5 Å². The van der Waals surface area contributed by atoms with E-state index in [4.69, 9.17) is 30.6 Å². The molecular formula is C34H32ClNO6. The van der Waals surface area contributed by atoms with Gasteiger partial charge in [-0.25, -0.2) is 4.79 Å². The van der Waals surface area contributed by atoms with E-state index in [1.54, 1.807) is 24.3 Å². The monoisotopic (exact) mass is 585 g/mol. The van der Waals surface area contributed by atoms with Crippen molar-refractivity contribution in [1.29, 1.82) is 0 Å². The van der Waals surface area contributed by atoms with Crippen molar-refractivity contribution in [2.45, 2.75) is 32.8 Å². The molecule has 216 valence electrons. The highest BCUT2D eigenvalue weighted by Crippen LogP contribution is 2.35. The maximum absolute atomic E-state index is 11.7. The molecule has 0 saturated carbocycles. The van der Waals surface area contributed by atoms with Gasteiger partial charge in [-0.05, 0) is 52.9 Å². The van der Waals surface area contributed by atoms with Crippen molar-refractivity contribution in [3.05, 3.63) is 129 Å². The molecule has 1 heterocycles. The Balaban J connectivity index is 1.37. The Bertz CT molecular complexity index is 1720. The molecule has 5 aromatic rings. The summed E-state index contributed by atoms with van der Waals surface area (Å²) in [5.74, 6) is 1.02. The lowest BCUT2D eigenvalue weighted by molar-refractivity contribution is 0.0941. The second-order valence-electron chi connectivity index (χ2n) is 10.0. The molecule has 0 aliphatic carbocycles. The average molecular weight is 586 g/mol. The van der Waals surface area contributed by atoms with E-state index in [0.717, 1.165) is 38.8 Å². The minimum Gasteiger partial charge on any atom is -0.488 e. The van der Waals surface area contributed by atoms with Crippen molar-refractivity contribution in [3.8, 4) is 22.6 Å². The first kappa shape index (κ1) is 29.4. The molecule has 0 saturated heterocycles. The van der Waals surface area contributed by atoms with Gasteiger partial charge >= 0.3 is 5.63 Å². The molecule has 5 rings (SSSR count). The highest BCUT2D eigenvalue weighted by atomic mass is 35.5. The summed E-state index contributed by atoms with van der Waals surface area (Å²) in [7, 11) is 0. The molecule has 8 heteroatoms. The smallest absolute Gasteiger partial charge is 0.336 e. The first-order valence-electron chi connectivity index (χ1n) is 13.7. The van der Waals surface area contributed by atoms with E-state index < -0.39 is 11.7 Å². The zero-order chi connectivity index (χ0) is 29.5. The van der Waals surface area contributed by atoms with Crippen LogP contribution in [0, 0.1) is 6.92 Å². The molecule has 0 unspecified atom stereocenters. The van der Waals surface area contributed by atoms with E-state index in [2.05, 4.69) is 30.4 Å². The molecule has 42 heavy (non-hydrogen) atoms. The van der Waals surface area contributed by atoms with E-state index in [0.29, 0.717) is 35.3 Å². The van der Waals surface area contributed by atoms with E-state index in [1.807, 2.05) is 42.5 Å². The maximum atomic E-state index is 11.7. The number of nitrogens with one attached hydrogen (secondary N) is 1. The van der Waals surface area contributed by atoms with Gasteiger partial charge in [0, 0.05) is 36.2 Å². The van der Waals surface area contributed by atoms with Crippen molar-refractivity contribution < 1.29 is 24.1 Å². The summed E-state index contributed by atoms with van der Waals surface area (Å²) in [5, 5.41) is 23.2. The van der Waals surface area contributed by atoms with Crippen LogP contribution in [0.3, 0.4) is 0 Å². The van der Waals surface area contributed by atoms with Crippen LogP contribution in [0.15, 0.2) is 100 Å². The fraction of sp³-hybridized carbons (Fsp3) is 0.206. The van der Waals surface area contributed by atoms with Crippen LogP contribution >= 0.6 is 11.6 Å². The zero-order valence-electron chi connectivity index (χ0n) is 23.2. The van der Waals surface area contributed by atoms with Gasteiger partial charge in [0.1, 0.15) is 30.3 Å². The van der Waals surface area contributed by atoms with Crippen molar-refractivity contribution in [3.63, 3.8) is 0 Å². The molecule has 1 aromatic heterocycles. The Morgan fingerprint density at radius 3 is 2.48 bits per heavy atom. The van der Waals surface area contributed by atoms with E-state index in [9.17, 15) is 9.90 Å². The molecular weight excluding hydrogens is 554 g/mol. The molecule has 0 fully saturated rings. The number of aliphatic hydroxyl groups is 2. The highest BCUT2D eigenvalue weighted by Gasteiger charge is 2.14. The van der Waals surface area contributed by atoms with Gasteiger partial charge < -0.3 is 29.4 Å². The average Bonchev–Trinajstić information content (AvgIpc) is 3.00. The van der Waals surface area contributed by atoms with E-state index in [-0.39, 0.29) is 19.8 Å². The first-order chi connectivity index (χ1) is 20.4. The van der Waals surface area contributed by atoms with Crippen LogP contribution < -0.4 is 20.4 Å². The molecule has 0 spiro atoms. The summed E-state index contributed by atoms with van der Waals surface area (Å²) in [5.41, 5.74) is 6.09. The highest BCUT2D eigenvalue weighted by molar-refractivity contribution is 6.32. The summed E-state index contributed by atoms with van der Waals surface area (Å²) < 4.78 is 17.8. The molecule has 1 atom stereocenters. The van der Waals surface area contributed by atoms with Gasteiger partial charge in [0.05, 0.1) is 17.7 Å². The van der Waals surface area contributed by atoms with Gasteiger partial charge in [0.15, 0.2) is 0 Å². The van der Waals surface area contributed by atoms with Gasteiger partial charge in [-0.2, -0.15) is 0 Å². The number of aliphatic hydroxyl groups excluding tert-OH is 2. The molecule has 0 amide bonds. The van der Waals surface area contributed by atoms with Gasteiger partial charge in [-0.1, -0.05) is 72.3 Å². The van der Waals surface area contributed by atoms with Crippen LogP contribution in [0.25, 0.3) is 22.1 Å². The third kappa shape index (κ3) is 7.19. The zero-order valence-corrected chi connectivity index (χ0v) is 23.9. The van der Waals surface area contributed by atoms with Crippen LogP contribution in [-0.2, 0) is 19.8 Å². The second-order valence-corrected chi connectivity index (χ2v) is 10.4. The lowest BCUT2D eigenvalue weighted by Crippen LogP contribution is -2.29. The summed E-state index contributed by atoms with van der Waals surface area (Å²) in [6.45, 7) is 2.81. The van der Waals surface area contributed by atoms with Gasteiger partial charge in [0.25, 0.3) is 0 Å². The Hall–Kier alpha value is -4.14. The number of hydrogen-bond acceptors (Lipinski definition) is 7. The quantitative estimate of drug-likeness (QED) is 0.154. The fourth-order valence-electron chi connectivity index (χ4n) is 4.68. The lowest BCUT2D eigenvalue weighted by atomic mass is 9.97. The number of hydrogen-bond donors (Lipinski definition) is 3. The molecule has 0 bridgehead atoms. The summed E-state index contributed by atoms with van der Waals surface area (Å²) >= 11 is 6.66. The Morgan fingerprint density at radius 1 is 0.881 bits per heavy atom. The normalized spacial score (nSPS) is 11.9. The first-order valence-corrected chi connectivity index (χ1v) is 14.0. The van der Waals surface area contributed by atoms with Crippen LogP contribution in [0.5, 0.6) is 11.5 Å². The third-order valence-electron chi connectivity index (χ3n) is 7.02. The summed E-state index contributed by atoms with van der Waals surface area (Å²) in [6.07, 6.45) is -0.880. The van der Waals surface area contributed by atoms with E-state index in [1.165, 1.54) is 6.07 Å². The maximum Gasteiger partial charge on any atom is 0.336 e. The minimum absolute atomic E-state index is 0.201.